The van der Waals surface area contributed by atoms with E-state index in [1.165, 1.54) is 11.1 Å². The van der Waals surface area contributed by atoms with Gasteiger partial charge in [-0.2, -0.15) is 0 Å². The summed E-state index contributed by atoms with van der Waals surface area (Å²) in [6.45, 7) is 2.13. The van der Waals surface area contributed by atoms with Gasteiger partial charge in [0.2, 0.25) is 0 Å². The van der Waals surface area contributed by atoms with Crippen LogP contribution < -0.4 is 0 Å². The topological polar surface area (TPSA) is 25.8 Å². The summed E-state index contributed by atoms with van der Waals surface area (Å²) in [5.74, 6) is 0. The summed E-state index contributed by atoms with van der Waals surface area (Å²) in [6, 6.07) is 12.6. The zero-order chi connectivity index (χ0) is 12.1. The summed E-state index contributed by atoms with van der Waals surface area (Å²) in [5, 5.41) is 8.17. The monoisotopic (exact) mass is 243 g/mol. The Labute approximate surface area is 106 Å². The van der Waals surface area contributed by atoms with Crippen LogP contribution >= 0.6 is 11.6 Å². The fourth-order valence-corrected chi connectivity index (χ4v) is 1.64. The molecule has 0 bridgehead atoms. The minimum absolute atomic E-state index is 0.408. The zero-order valence-electron chi connectivity index (χ0n) is 9.52. The highest BCUT2D eigenvalue weighted by Gasteiger charge is 1.96. The fourth-order valence-electron chi connectivity index (χ4n) is 1.54. The lowest BCUT2D eigenvalue weighted by atomic mass is 10.0. The van der Waals surface area contributed by atoms with Crippen LogP contribution in [0.25, 0.3) is 12.2 Å². The van der Waals surface area contributed by atoms with Crippen molar-refractivity contribution in [3.8, 4) is 0 Å². The summed E-state index contributed by atoms with van der Waals surface area (Å²) in [6.07, 6.45) is 4.95. The molecule has 85 valence electrons. The van der Waals surface area contributed by atoms with Gasteiger partial charge in [-0.15, -0.1) is 10.2 Å². The van der Waals surface area contributed by atoms with Crippen LogP contribution in [0.3, 0.4) is 0 Å². The van der Waals surface area contributed by atoms with E-state index in [1.807, 2.05) is 36.4 Å². The first-order chi connectivity index (χ1) is 8.29. The number of halogens is 1. The molecule has 0 atom stereocenters. The van der Waals surface area contributed by atoms with Crippen molar-refractivity contribution >= 4 is 23.8 Å². The molecule has 1 aromatic carbocycles. The standard InChI is InChI=1S/C14H12ClN2/c1-2-11-5-3-4-6-12(11)7-8-13-9-10-14(15)17-16-13/h4-10H,2H2,1H3. The molecule has 0 amide bonds. The molecule has 0 saturated heterocycles. The molecule has 0 fully saturated rings. The first-order valence-corrected chi connectivity index (χ1v) is 5.83. The van der Waals surface area contributed by atoms with Gasteiger partial charge in [0.25, 0.3) is 0 Å². The van der Waals surface area contributed by atoms with Crippen LogP contribution in [0, 0.1) is 6.07 Å². The predicted octanol–water partition coefficient (Wildman–Crippen LogP) is 3.66. The quantitative estimate of drug-likeness (QED) is 0.822. The number of rotatable bonds is 3. The number of aryl methyl sites for hydroxylation is 1. The summed E-state index contributed by atoms with van der Waals surface area (Å²) < 4.78 is 0. The second kappa shape index (κ2) is 5.60. The van der Waals surface area contributed by atoms with Gasteiger partial charge in [0.15, 0.2) is 5.15 Å². The highest BCUT2D eigenvalue weighted by molar-refractivity contribution is 6.29. The SMILES string of the molecule is CCc1c[c]ccc1C=Cc1ccc(Cl)nn1. The largest absolute Gasteiger partial charge is 0.151 e. The van der Waals surface area contributed by atoms with Gasteiger partial charge < -0.3 is 0 Å². The van der Waals surface area contributed by atoms with Gasteiger partial charge in [0, 0.05) is 0 Å². The van der Waals surface area contributed by atoms with Gasteiger partial charge in [-0.05, 0) is 41.8 Å². The highest BCUT2D eigenvalue weighted by Crippen LogP contribution is 2.13. The minimum atomic E-state index is 0.408. The minimum Gasteiger partial charge on any atom is -0.150 e. The number of hydrogen-bond donors (Lipinski definition) is 0. The third-order valence-electron chi connectivity index (χ3n) is 2.45. The molecule has 0 saturated carbocycles. The van der Waals surface area contributed by atoms with Crippen molar-refractivity contribution in [3.63, 3.8) is 0 Å². The lowest BCUT2D eigenvalue weighted by Gasteiger charge is -2.01. The maximum absolute atomic E-state index is 5.67. The molecule has 2 nitrogen and oxygen atoms in total. The summed E-state index contributed by atoms with van der Waals surface area (Å²) in [4.78, 5) is 0. The van der Waals surface area contributed by atoms with Crippen LogP contribution in [0.15, 0.2) is 30.3 Å². The first kappa shape index (κ1) is 11.8. The summed E-state index contributed by atoms with van der Waals surface area (Å²) in [7, 11) is 0. The smallest absolute Gasteiger partial charge is 0.150 e. The van der Waals surface area contributed by atoms with Crippen LogP contribution in [0.4, 0.5) is 0 Å². The van der Waals surface area contributed by atoms with E-state index >= 15 is 0 Å². The number of aromatic nitrogens is 2. The molecule has 17 heavy (non-hydrogen) atoms. The van der Waals surface area contributed by atoms with Crippen molar-refractivity contribution in [2.45, 2.75) is 13.3 Å². The molecule has 2 aromatic rings. The van der Waals surface area contributed by atoms with Crippen molar-refractivity contribution < 1.29 is 0 Å². The molecule has 3 heteroatoms. The van der Waals surface area contributed by atoms with Gasteiger partial charge >= 0.3 is 0 Å². The number of nitrogens with zero attached hydrogens (tertiary/aromatic N) is 2. The molecule has 0 spiro atoms. The molecule has 0 aliphatic rings. The van der Waals surface area contributed by atoms with Crippen LogP contribution in [-0.4, -0.2) is 10.2 Å². The number of benzene rings is 1. The normalized spacial score (nSPS) is 10.9. The second-order valence-corrected chi connectivity index (χ2v) is 3.98. The molecule has 0 aliphatic heterocycles. The summed E-state index contributed by atoms with van der Waals surface area (Å²) >= 11 is 5.67. The van der Waals surface area contributed by atoms with Crippen LogP contribution in [0.2, 0.25) is 5.15 Å². The average molecular weight is 244 g/mol. The molecule has 1 aromatic heterocycles. The number of hydrogen-bond acceptors (Lipinski definition) is 2. The fraction of sp³-hybridized carbons (Fsp3) is 0.143. The lowest BCUT2D eigenvalue weighted by Crippen LogP contribution is -1.87. The first-order valence-electron chi connectivity index (χ1n) is 5.46. The van der Waals surface area contributed by atoms with Gasteiger partial charge in [0.05, 0.1) is 5.69 Å². The molecular formula is C14H12ClN2. The lowest BCUT2D eigenvalue weighted by molar-refractivity contribution is 1.02. The second-order valence-electron chi connectivity index (χ2n) is 3.59. The van der Waals surface area contributed by atoms with E-state index < -0.39 is 0 Å². The third kappa shape index (κ3) is 3.14. The Morgan fingerprint density at radius 2 is 2.12 bits per heavy atom. The van der Waals surface area contributed by atoms with Gasteiger partial charge in [-0.1, -0.05) is 42.8 Å². The highest BCUT2D eigenvalue weighted by atomic mass is 35.5. The van der Waals surface area contributed by atoms with E-state index in [0.29, 0.717) is 5.15 Å². The van der Waals surface area contributed by atoms with Crippen LogP contribution in [0.1, 0.15) is 23.7 Å². The Bertz CT molecular complexity index is 518. The van der Waals surface area contributed by atoms with Crippen molar-refractivity contribution in [1.29, 1.82) is 0 Å². The van der Waals surface area contributed by atoms with Crippen molar-refractivity contribution in [2.75, 3.05) is 0 Å². The van der Waals surface area contributed by atoms with Gasteiger partial charge in [0.1, 0.15) is 0 Å². The Morgan fingerprint density at radius 3 is 2.82 bits per heavy atom. The molecule has 0 aliphatic carbocycles. The third-order valence-corrected chi connectivity index (χ3v) is 2.66. The molecule has 2 rings (SSSR count). The van der Waals surface area contributed by atoms with Crippen LogP contribution in [-0.2, 0) is 6.42 Å². The molecule has 1 heterocycles. The Kier molecular flexibility index (Phi) is 3.89. The van der Waals surface area contributed by atoms with E-state index in [9.17, 15) is 0 Å². The van der Waals surface area contributed by atoms with E-state index in [-0.39, 0.29) is 0 Å². The van der Waals surface area contributed by atoms with Crippen molar-refractivity contribution in [3.05, 3.63) is 58.4 Å². The van der Waals surface area contributed by atoms with Crippen molar-refractivity contribution in [2.24, 2.45) is 0 Å². The van der Waals surface area contributed by atoms with Gasteiger partial charge in [-0.3, -0.25) is 0 Å². The van der Waals surface area contributed by atoms with E-state index in [0.717, 1.165) is 12.1 Å². The summed E-state index contributed by atoms with van der Waals surface area (Å²) in [5.41, 5.74) is 3.25. The average Bonchev–Trinajstić information content (AvgIpc) is 2.38. The zero-order valence-corrected chi connectivity index (χ0v) is 10.3. The Morgan fingerprint density at radius 1 is 1.24 bits per heavy atom. The molecular weight excluding hydrogens is 232 g/mol. The van der Waals surface area contributed by atoms with Gasteiger partial charge in [-0.25, -0.2) is 0 Å². The maximum atomic E-state index is 5.67. The van der Waals surface area contributed by atoms with Crippen molar-refractivity contribution in [1.82, 2.24) is 10.2 Å². The maximum Gasteiger partial charge on any atom is 0.151 e. The van der Waals surface area contributed by atoms with E-state index in [1.54, 1.807) is 6.07 Å². The molecule has 1 radical (unpaired) electrons. The predicted molar refractivity (Wildman–Crippen MR) is 70.6 cm³/mol. The van der Waals surface area contributed by atoms with E-state index in [4.69, 9.17) is 11.6 Å². The van der Waals surface area contributed by atoms with Crippen LogP contribution in [0.5, 0.6) is 0 Å². The Hall–Kier alpha value is -1.67. The Balaban J connectivity index is 2.22. The van der Waals surface area contributed by atoms with E-state index in [2.05, 4.69) is 23.2 Å². The molecule has 0 N–H and O–H groups in total. The molecule has 0 unspecified atom stereocenters.